The minimum atomic E-state index is -0.760. The lowest BCUT2D eigenvalue weighted by Crippen LogP contribution is -2.29. The zero-order valence-corrected chi connectivity index (χ0v) is 14.2. The van der Waals surface area contributed by atoms with Crippen molar-refractivity contribution in [3.63, 3.8) is 0 Å². The third-order valence-corrected chi connectivity index (χ3v) is 7.56. The summed E-state index contributed by atoms with van der Waals surface area (Å²) in [6.07, 6.45) is 4.58. The van der Waals surface area contributed by atoms with Crippen molar-refractivity contribution >= 4 is 14.8 Å². The maximum Gasteiger partial charge on any atom is 0.333 e. The van der Waals surface area contributed by atoms with Gasteiger partial charge in [0.2, 0.25) is 0 Å². The molecule has 0 amide bonds. The highest BCUT2D eigenvalue weighted by molar-refractivity contribution is 6.60. The van der Waals surface area contributed by atoms with Crippen LogP contribution in [-0.4, -0.2) is 34.2 Å². The molecule has 0 aliphatic rings. The molecule has 19 heavy (non-hydrogen) atoms. The molecule has 0 bridgehead atoms. The first-order valence-corrected chi connectivity index (χ1v) is 9.68. The third-order valence-electron chi connectivity index (χ3n) is 3.50. The van der Waals surface area contributed by atoms with Crippen LogP contribution in [0, 0.1) is 0 Å². The van der Waals surface area contributed by atoms with E-state index in [2.05, 4.69) is 20.4 Å². The zero-order chi connectivity index (χ0) is 14.7. The van der Waals surface area contributed by atoms with Crippen LogP contribution in [-0.2, 0) is 14.3 Å². The number of ether oxygens (including phenoxy) is 2. The summed E-state index contributed by atoms with van der Waals surface area (Å²) in [5, 5.41) is 0. The van der Waals surface area contributed by atoms with Crippen molar-refractivity contribution in [1.29, 1.82) is 0 Å². The van der Waals surface area contributed by atoms with Crippen LogP contribution in [0.5, 0.6) is 0 Å². The number of hydrogen-bond donors (Lipinski definition) is 0. The molecule has 0 aliphatic carbocycles. The standard InChI is InChI=1S/C15H30O3Si/c1-6-11-19(14(4)17-5)12-9-7-8-10-18-15(16)13(2)3/h14,19H,2,6-12H2,1,3-5H3. The molecular weight excluding hydrogens is 256 g/mol. The lowest BCUT2D eigenvalue weighted by atomic mass is 10.3. The topological polar surface area (TPSA) is 35.5 Å². The van der Waals surface area contributed by atoms with E-state index in [0.717, 1.165) is 12.8 Å². The number of methoxy groups -OCH3 is 1. The molecule has 0 heterocycles. The van der Waals surface area contributed by atoms with Gasteiger partial charge in [0.05, 0.1) is 15.4 Å². The lowest BCUT2D eigenvalue weighted by molar-refractivity contribution is -0.139. The van der Waals surface area contributed by atoms with Gasteiger partial charge in [-0.1, -0.05) is 44.9 Å². The van der Waals surface area contributed by atoms with Crippen LogP contribution in [0.2, 0.25) is 12.1 Å². The molecule has 3 nitrogen and oxygen atoms in total. The molecule has 112 valence electrons. The summed E-state index contributed by atoms with van der Waals surface area (Å²) in [5.74, 6) is -0.272. The molecule has 2 unspecified atom stereocenters. The van der Waals surface area contributed by atoms with Crippen molar-refractivity contribution in [2.75, 3.05) is 13.7 Å². The highest BCUT2D eigenvalue weighted by atomic mass is 28.3. The Hall–Kier alpha value is -0.613. The minimum Gasteiger partial charge on any atom is -0.462 e. The monoisotopic (exact) mass is 286 g/mol. The van der Waals surface area contributed by atoms with Crippen molar-refractivity contribution < 1.29 is 14.3 Å². The summed E-state index contributed by atoms with van der Waals surface area (Å²) in [6.45, 7) is 10.2. The molecule has 0 saturated carbocycles. The number of rotatable bonds is 11. The van der Waals surface area contributed by atoms with Gasteiger partial charge in [-0.05, 0) is 20.3 Å². The summed E-state index contributed by atoms with van der Waals surface area (Å²) >= 11 is 0. The number of esters is 1. The average molecular weight is 286 g/mol. The van der Waals surface area contributed by atoms with E-state index in [-0.39, 0.29) is 5.97 Å². The summed E-state index contributed by atoms with van der Waals surface area (Å²) in [4.78, 5) is 11.2. The number of carbonyl (C=O) groups excluding carboxylic acids is 1. The molecular formula is C15H30O3Si. The average Bonchev–Trinajstić information content (AvgIpc) is 2.39. The van der Waals surface area contributed by atoms with E-state index in [1.807, 2.05) is 7.11 Å². The second-order valence-corrected chi connectivity index (χ2v) is 8.87. The summed E-state index contributed by atoms with van der Waals surface area (Å²) in [5.41, 5.74) is 0.950. The summed E-state index contributed by atoms with van der Waals surface area (Å²) < 4.78 is 10.6. The smallest absolute Gasteiger partial charge is 0.333 e. The summed E-state index contributed by atoms with van der Waals surface area (Å²) in [6, 6.07) is 2.69. The largest absolute Gasteiger partial charge is 0.462 e. The highest BCUT2D eigenvalue weighted by Crippen LogP contribution is 2.14. The van der Waals surface area contributed by atoms with Gasteiger partial charge in [-0.3, -0.25) is 0 Å². The molecule has 0 spiro atoms. The van der Waals surface area contributed by atoms with Gasteiger partial charge >= 0.3 is 5.97 Å². The quantitative estimate of drug-likeness (QED) is 0.252. The first-order valence-electron chi connectivity index (χ1n) is 7.38. The van der Waals surface area contributed by atoms with Crippen molar-refractivity contribution in [3.8, 4) is 0 Å². The number of unbranched alkanes of at least 4 members (excludes halogenated alkanes) is 2. The van der Waals surface area contributed by atoms with E-state index in [4.69, 9.17) is 9.47 Å². The Balaban J connectivity index is 3.65. The van der Waals surface area contributed by atoms with Gasteiger partial charge in [0.15, 0.2) is 0 Å². The molecule has 2 atom stereocenters. The van der Waals surface area contributed by atoms with Gasteiger partial charge in [-0.25, -0.2) is 4.79 Å². The van der Waals surface area contributed by atoms with E-state index in [0.29, 0.717) is 17.9 Å². The molecule has 0 saturated heterocycles. The number of carbonyl (C=O) groups is 1. The Morgan fingerprint density at radius 3 is 2.47 bits per heavy atom. The van der Waals surface area contributed by atoms with Gasteiger partial charge < -0.3 is 9.47 Å². The molecule has 0 radical (unpaired) electrons. The van der Waals surface area contributed by atoms with E-state index in [1.54, 1.807) is 6.92 Å². The predicted octanol–water partition coefficient (Wildman–Crippen LogP) is 3.49. The first kappa shape index (κ1) is 18.4. The van der Waals surface area contributed by atoms with Gasteiger partial charge in [-0.15, -0.1) is 0 Å². The van der Waals surface area contributed by atoms with Gasteiger partial charge in [0.25, 0.3) is 0 Å². The van der Waals surface area contributed by atoms with Crippen molar-refractivity contribution in [2.45, 2.75) is 64.3 Å². The Morgan fingerprint density at radius 2 is 1.95 bits per heavy atom. The normalized spacial score (nSPS) is 13.9. The Labute approximate surface area is 120 Å². The maximum atomic E-state index is 11.2. The van der Waals surface area contributed by atoms with Gasteiger partial charge in [0.1, 0.15) is 0 Å². The molecule has 0 aromatic heterocycles. The fraction of sp³-hybridized carbons (Fsp3) is 0.800. The van der Waals surface area contributed by atoms with Gasteiger partial charge in [0, 0.05) is 18.4 Å². The zero-order valence-electron chi connectivity index (χ0n) is 13.0. The maximum absolute atomic E-state index is 11.2. The molecule has 0 aromatic rings. The fourth-order valence-electron chi connectivity index (χ4n) is 2.15. The van der Waals surface area contributed by atoms with Crippen LogP contribution in [0.15, 0.2) is 12.2 Å². The van der Waals surface area contributed by atoms with Crippen molar-refractivity contribution in [1.82, 2.24) is 0 Å². The van der Waals surface area contributed by atoms with E-state index < -0.39 is 8.80 Å². The van der Waals surface area contributed by atoms with Crippen LogP contribution < -0.4 is 0 Å². The highest BCUT2D eigenvalue weighted by Gasteiger charge is 2.17. The Morgan fingerprint density at radius 1 is 1.26 bits per heavy atom. The van der Waals surface area contributed by atoms with E-state index in [1.165, 1.54) is 24.9 Å². The van der Waals surface area contributed by atoms with Crippen LogP contribution >= 0.6 is 0 Å². The second kappa shape index (κ2) is 11.2. The lowest BCUT2D eigenvalue weighted by Gasteiger charge is -2.20. The third kappa shape index (κ3) is 9.00. The molecule has 0 aromatic carbocycles. The van der Waals surface area contributed by atoms with Crippen LogP contribution in [0.4, 0.5) is 0 Å². The SMILES string of the molecule is C=C(C)C(=O)OCCCCC[SiH](CCC)C(C)OC. The Bertz CT molecular complexity index is 266. The predicted molar refractivity (Wildman–Crippen MR) is 83.1 cm³/mol. The van der Waals surface area contributed by atoms with E-state index >= 15 is 0 Å². The fourth-order valence-corrected chi connectivity index (χ4v) is 5.32. The van der Waals surface area contributed by atoms with Crippen LogP contribution in [0.1, 0.15) is 46.5 Å². The first-order chi connectivity index (χ1) is 9.02. The Kier molecular flexibility index (Phi) is 10.9. The molecule has 0 N–H and O–H groups in total. The molecule has 0 rings (SSSR count). The van der Waals surface area contributed by atoms with Gasteiger partial charge in [-0.2, -0.15) is 0 Å². The van der Waals surface area contributed by atoms with E-state index in [9.17, 15) is 4.79 Å². The molecule has 4 heteroatoms. The second-order valence-electron chi connectivity index (χ2n) is 5.26. The molecule has 0 aliphatic heterocycles. The van der Waals surface area contributed by atoms with Crippen molar-refractivity contribution in [2.24, 2.45) is 0 Å². The number of hydrogen-bond acceptors (Lipinski definition) is 3. The minimum absolute atomic E-state index is 0.272. The van der Waals surface area contributed by atoms with Crippen molar-refractivity contribution in [3.05, 3.63) is 12.2 Å². The summed E-state index contributed by atoms with van der Waals surface area (Å²) in [7, 11) is 1.06. The van der Waals surface area contributed by atoms with Crippen LogP contribution in [0.3, 0.4) is 0 Å². The van der Waals surface area contributed by atoms with Crippen LogP contribution in [0.25, 0.3) is 0 Å². The molecule has 0 fully saturated rings.